The smallest absolute Gasteiger partial charge is 0.290 e. The third-order valence-corrected chi connectivity index (χ3v) is 6.40. The van der Waals surface area contributed by atoms with E-state index in [2.05, 4.69) is 9.93 Å². The Morgan fingerprint density at radius 3 is 2.59 bits per heavy atom. The van der Waals surface area contributed by atoms with Crippen LogP contribution in [0.2, 0.25) is 0 Å². The highest BCUT2D eigenvalue weighted by Crippen LogP contribution is 2.30. The summed E-state index contributed by atoms with van der Waals surface area (Å²) in [6.45, 7) is 3.91. The number of hydrazone groups is 1. The number of morpholine rings is 1. The molecule has 1 aliphatic heterocycles. The average Bonchev–Trinajstić information content (AvgIpc) is 3.10. The van der Waals surface area contributed by atoms with E-state index in [1.165, 1.54) is 12.1 Å². The molecule has 2 aromatic rings. The van der Waals surface area contributed by atoms with E-state index < -0.39 is 10.0 Å². The number of rotatable bonds is 4. The Kier molecular flexibility index (Phi) is 5.42. The van der Waals surface area contributed by atoms with Gasteiger partial charge in [0.2, 0.25) is 0 Å². The Balaban J connectivity index is 1.62. The number of hydrogen-bond acceptors (Lipinski definition) is 6. The van der Waals surface area contributed by atoms with Gasteiger partial charge in [-0.1, -0.05) is 18.2 Å². The van der Waals surface area contributed by atoms with Gasteiger partial charge in [0.25, 0.3) is 15.9 Å². The van der Waals surface area contributed by atoms with Gasteiger partial charge < -0.3 is 14.1 Å². The second-order valence-corrected chi connectivity index (χ2v) is 8.74. The summed E-state index contributed by atoms with van der Waals surface area (Å²) in [7, 11) is -3.76. The molecule has 1 amide bonds. The summed E-state index contributed by atoms with van der Waals surface area (Å²) in [6, 6.07) is 8.09. The molecule has 1 fully saturated rings. The summed E-state index contributed by atoms with van der Waals surface area (Å²) in [5.41, 5.74) is 2.03. The van der Waals surface area contributed by atoms with Crippen LogP contribution in [0.1, 0.15) is 40.3 Å². The van der Waals surface area contributed by atoms with Gasteiger partial charge in [-0.15, -0.1) is 0 Å². The highest BCUT2D eigenvalue weighted by molar-refractivity contribution is 7.89. The average molecular weight is 417 g/mol. The highest BCUT2D eigenvalue weighted by atomic mass is 32.2. The number of benzene rings is 1. The van der Waals surface area contributed by atoms with Crippen molar-refractivity contribution in [1.82, 2.24) is 9.73 Å². The molecule has 0 unspecified atom stereocenters. The molecule has 1 aromatic heterocycles. The molecule has 1 aromatic carbocycles. The number of aryl methyl sites for hydroxylation is 1. The van der Waals surface area contributed by atoms with Gasteiger partial charge in [0.15, 0.2) is 5.76 Å². The van der Waals surface area contributed by atoms with Gasteiger partial charge in [0, 0.05) is 30.6 Å². The molecule has 0 spiro atoms. The fraction of sp³-hybridized carbons (Fsp3) is 0.400. The molecule has 1 saturated heterocycles. The zero-order valence-corrected chi connectivity index (χ0v) is 17.0. The Hall–Kier alpha value is -2.65. The number of sulfonamides is 1. The molecule has 1 aliphatic carbocycles. The van der Waals surface area contributed by atoms with E-state index in [4.69, 9.17) is 9.15 Å². The van der Waals surface area contributed by atoms with Crippen molar-refractivity contribution < 1.29 is 22.4 Å². The fourth-order valence-corrected chi connectivity index (χ4v) is 4.51. The fourth-order valence-electron chi connectivity index (χ4n) is 3.66. The number of nitrogens with zero attached hydrogens (tertiary/aromatic N) is 2. The van der Waals surface area contributed by atoms with Crippen molar-refractivity contribution in [3.63, 3.8) is 0 Å². The number of carbonyl (C=O) groups is 1. The van der Waals surface area contributed by atoms with Crippen LogP contribution in [0.15, 0.2) is 44.7 Å². The molecule has 1 N–H and O–H groups in total. The van der Waals surface area contributed by atoms with E-state index >= 15 is 0 Å². The van der Waals surface area contributed by atoms with Crippen LogP contribution in [0.25, 0.3) is 0 Å². The summed E-state index contributed by atoms with van der Waals surface area (Å²) in [5.74, 6) is 0.824. The summed E-state index contributed by atoms with van der Waals surface area (Å²) >= 11 is 0. The largest absolute Gasteiger partial charge is 0.455 e. The van der Waals surface area contributed by atoms with Crippen molar-refractivity contribution in [2.45, 2.75) is 31.1 Å². The molecule has 8 nitrogen and oxygen atoms in total. The lowest BCUT2D eigenvalue weighted by atomic mass is 9.93. The minimum absolute atomic E-state index is 0.146. The normalized spacial score (nSPS) is 18.5. The summed E-state index contributed by atoms with van der Waals surface area (Å²) in [4.78, 5) is 17.1. The number of ether oxygens (including phenoxy) is 1. The zero-order valence-electron chi connectivity index (χ0n) is 16.2. The SMILES string of the molecule is Cc1c(C(=O)N2CCOCC2)oc2c1/C(=N/NS(=O)(=O)c1ccccc1)CCC2. The summed E-state index contributed by atoms with van der Waals surface area (Å²) in [6.07, 6.45) is 2.07. The third-order valence-electron chi connectivity index (χ3n) is 5.17. The third kappa shape index (κ3) is 3.92. The van der Waals surface area contributed by atoms with Crippen LogP contribution < -0.4 is 4.83 Å². The molecular formula is C20H23N3O5S. The van der Waals surface area contributed by atoms with Gasteiger partial charge in [-0.3, -0.25) is 4.79 Å². The van der Waals surface area contributed by atoms with Crippen LogP contribution in [-0.4, -0.2) is 51.2 Å². The van der Waals surface area contributed by atoms with E-state index in [9.17, 15) is 13.2 Å². The van der Waals surface area contributed by atoms with Crippen LogP contribution in [-0.2, 0) is 21.2 Å². The van der Waals surface area contributed by atoms with Crippen molar-refractivity contribution in [3.8, 4) is 0 Å². The molecule has 0 atom stereocenters. The van der Waals surface area contributed by atoms with Crippen LogP contribution in [0.3, 0.4) is 0 Å². The number of amides is 1. The van der Waals surface area contributed by atoms with Crippen molar-refractivity contribution in [2.24, 2.45) is 5.10 Å². The van der Waals surface area contributed by atoms with Crippen LogP contribution in [0, 0.1) is 6.92 Å². The molecular weight excluding hydrogens is 394 g/mol. The van der Waals surface area contributed by atoms with E-state index in [0.29, 0.717) is 61.9 Å². The van der Waals surface area contributed by atoms with E-state index in [1.54, 1.807) is 23.1 Å². The number of carbonyl (C=O) groups excluding carboxylic acids is 1. The monoisotopic (exact) mass is 417 g/mol. The van der Waals surface area contributed by atoms with Gasteiger partial charge in [0.05, 0.1) is 23.8 Å². The Labute approximate surface area is 169 Å². The molecule has 9 heteroatoms. The zero-order chi connectivity index (χ0) is 20.4. The van der Waals surface area contributed by atoms with Gasteiger partial charge in [-0.25, -0.2) is 0 Å². The minimum Gasteiger partial charge on any atom is -0.455 e. The standard InChI is InChI=1S/C20H23N3O5S/c1-14-18-16(21-22-29(25,26)15-6-3-2-4-7-15)8-5-9-17(18)28-19(14)20(24)23-10-12-27-13-11-23/h2-4,6-7,22H,5,8-13H2,1H3/b21-16+. The predicted molar refractivity (Wildman–Crippen MR) is 106 cm³/mol. The van der Waals surface area contributed by atoms with Crippen molar-refractivity contribution >= 4 is 21.6 Å². The van der Waals surface area contributed by atoms with Crippen molar-refractivity contribution in [2.75, 3.05) is 26.3 Å². The van der Waals surface area contributed by atoms with E-state index in [0.717, 1.165) is 12.0 Å². The maximum atomic E-state index is 12.9. The van der Waals surface area contributed by atoms with Crippen molar-refractivity contribution in [3.05, 3.63) is 53.0 Å². The second kappa shape index (κ2) is 8.00. The molecule has 0 bridgehead atoms. The molecule has 2 heterocycles. The van der Waals surface area contributed by atoms with E-state index in [1.807, 2.05) is 6.92 Å². The number of nitrogens with one attached hydrogen (secondary N) is 1. The lowest BCUT2D eigenvalue weighted by molar-refractivity contribution is 0.0281. The highest BCUT2D eigenvalue weighted by Gasteiger charge is 2.31. The van der Waals surface area contributed by atoms with Crippen molar-refractivity contribution in [1.29, 1.82) is 0 Å². The first-order valence-corrected chi connectivity index (χ1v) is 11.1. The summed E-state index contributed by atoms with van der Waals surface area (Å²) < 4.78 is 36.2. The second-order valence-electron chi connectivity index (χ2n) is 7.08. The number of fused-ring (bicyclic) bond motifs is 1. The van der Waals surface area contributed by atoms with Gasteiger partial charge >= 0.3 is 0 Å². The molecule has 2 aliphatic rings. The Morgan fingerprint density at radius 2 is 1.86 bits per heavy atom. The first kappa shape index (κ1) is 19.7. The lowest BCUT2D eigenvalue weighted by Crippen LogP contribution is -2.40. The Morgan fingerprint density at radius 1 is 1.14 bits per heavy atom. The first-order chi connectivity index (χ1) is 14.0. The first-order valence-electron chi connectivity index (χ1n) is 9.60. The van der Waals surface area contributed by atoms with Gasteiger partial charge in [0.1, 0.15) is 5.76 Å². The Bertz CT molecular complexity index is 1040. The lowest BCUT2D eigenvalue weighted by Gasteiger charge is -2.26. The maximum absolute atomic E-state index is 12.9. The minimum atomic E-state index is -3.76. The molecule has 0 radical (unpaired) electrons. The molecule has 0 saturated carbocycles. The van der Waals surface area contributed by atoms with E-state index in [-0.39, 0.29) is 10.8 Å². The van der Waals surface area contributed by atoms with Crippen LogP contribution in [0.4, 0.5) is 0 Å². The van der Waals surface area contributed by atoms with Gasteiger partial charge in [-0.2, -0.15) is 18.4 Å². The van der Waals surface area contributed by atoms with Gasteiger partial charge in [-0.05, 0) is 31.9 Å². The maximum Gasteiger partial charge on any atom is 0.290 e. The number of furan rings is 1. The van der Waals surface area contributed by atoms with Crippen LogP contribution in [0.5, 0.6) is 0 Å². The predicted octanol–water partition coefficient (Wildman–Crippen LogP) is 2.08. The molecule has 154 valence electrons. The van der Waals surface area contributed by atoms with Crippen LogP contribution >= 0.6 is 0 Å². The quantitative estimate of drug-likeness (QED) is 0.768. The molecule has 29 heavy (non-hydrogen) atoms. The summed E-state index contributed by atoms with van der Waals surface area (Å²) in [5, 5.41) is 4.19. The molecule has 4 rings (SSSR count). The topological polar surface area (TPSA) is 101 Å². The number of hydrogen-bond donors (Lipinski definition) is 1.